The highest BCUT2D eigenvalue weighted by Crippen LogP contribution is 2.32. The van der Waals surface area contributed by atoms with Gasteiger partial charge in [0.2, 0.25) is 29.5 Å². The van der Waals surface area contributed by atoms with Crippen molar-refractivity contribution in [3.63, 3.8) is 0 Å². The quantitative estimate of drug-likeness (QED) is 0.0237. The Morgan fingerprint density at radius 2 is 1.39 bits per heavy atom. The summed E-state index contributed by atoms with van der Waals surface area (Å²) in [6, 6.07) is 8.83. The van der Waals surface area contributed by atoms with Crippen LogP contribution in [0.3, 0.4) is 0 Å². The number of carbonyl (C=O) groups is 10. The Labute approximate surface area is 486 Å². The molecule has 3 heterocycles. The molecule has 0 fully saturated rings. The predicted molar refractivity (Wildman–Crippen MR) is 310 cm³/mol. The van der Waals surface area contributed by atoms with Gasteiger partial charge in [-0.1, -0.05) is 64.4 Å². The van der Waals surface area contributed by atoms with E-state index < -0.39 is 77.5 Å². The molecule has 27 nitrogen and oxygen atoms in total. The number of hydrogen-bond acceptors (Lipinski definition) is 15. The number of ether oxygens (including phenoxy) is 3. The fourth-order valence-electron chi connectivity index (χ4n) is 8.94. The number of nitrogens with zero attached hydrogens (tertiary/aromatic N) is 4. The van der Waals surface area contributed by atoms with Crippen molar-refractivity contribution >= 4 is 93.0 Å². The van der Waals surface area contributed by atoms with E-state index in [1.54, 1.807) is 64.1 Å². The zero-order valence-corrected chi connectivity index (χ0v) is 48.8. The topological polar surface area (TPSA) is 375 Å². The molecule has 0 aliphatic carbocycles. The number of amides is 11. The summed E-state index contributed by atoms with van der Waals surface area (Å²) in [7, 11) is 0. The molecular weight excluding hydrogens is 1090 g/mol. The molecule has 4 unspecified atom stereocenters. The number of hydrogen-bond donors (Lipinski definition) is 10. The number of fused-ring (bicyclic) bond motifs is 3. The lowest BCUT2D eigenvalue weighted by Gasteiger charge is -2.27. The molecule has 1 aliphatic heterocycles. The molecule has 0 saturated heterocycles. The Bertz CT molecular complexity index is 3020. The highest BCUT2D eigenvalue weighted by molar-refractivity contribution is 6.13. The Balaban J connectivity index is 1.14. The number of aromatic nitrogens is 3. The minimum Gasteiger partial charge on any atom is -0.465 e. The third-order valence-electron chi connectivity index (χ3n) is 13.4. The van der Waals surface area contributed by atoms with Gasteiger partial charge in [-0.15, -0.1) is 0 Å². The van der Waals surface area contributed by atoms with Gasteiger partial charge in [0.15, 0.2) is 5.82 Å². The van der Waals surface area contributed by atoms with Crippen molar-refractivity contribution in [2.45, 2.75) is 143 Å². The van der Waals surface area contributed by atoms with Gasteiger partial charge in [0.1, 0.15) is 48.7 Å². The molecule has 4 atom stereocenters. The van der Waals surface area contributed by atoms with Gasteiger partial charge in [-0.05, 0) is 89.0 Å². The van der Waals surface area contributed by atoms with Crippen LogP contribution < -0.4 is 48.3 Å². The molecule has 2 aromatic heterocycles. The maximum absolute atomic E-state index is 13.7. The van der Waals surface area contributed by atoms with Gasteiger partial charge in [0, 0.05) is 55.9 Å². The van der Waals surface area contributed by atoms with Crippen LogP contribution in [-0.4, -0.2) is 147 Å². The minimum atomic E-state index is -1.37. The number of alkyl carbamates (subject to hydrolysis) is 1. The molecule has 5 rings (SSSR count). The number of unbranched alkanes of at least 4 members (excludes halogenated alkanes) is 2. The number of nitrogens with two attached hydrogens (primary N) is 1. The Morgan fingerprint density at radius 3 is 2.05 bits per heavy atom. The lowest BCUT2D eigenvalue weighted by atomic mass is 10.0. The number of carboxylic acid groups (broad SMARTS) is 1. The van der Waals surface area contributed by atoms with Crippen LogP contribution in [-0.2, 0) is 67.5 Å². The van der Waals surface area contributed by atoms with E-state index in [0.717, 1.165) is 10.3 Å². The average Bonchev–Trinajstić information content (AvgIpc) is 1.99. The van der Waals surface area contributed by atoms with Crippen molar-refractivity contribution in [2.75, 3.05) is 43.5 Å². The summed E-state index contributed by atoms with van der Waals surface area (Å²) in [5.41, 5.74) is 6.85. The highest BCUT2D eigenvalue weighted by Gasteiger charge is 2.32. The van der Waals surface area contributed by atoms with Gasteiger partial charge >= 0.3 is 18.2 Å². The van der Waals surface area contributed by atoms with Crippen LogP contribution in [0.25, 0.3) is 21.9 Å². The van der Waals surface area contributed by atoms with E-state index in [1.165, 1.54) is 19.1 Å². The van der Waals surface area contributed by atoms with E-state index in [9.17, 15) is 53.1 Å². The van der Waals surface area contributed by atoms with E-state index in [2.05, 4.69) is 42.5 Å². The van der Waals surface area contributed by atoms with Crippen LogP contribution in [0.2, 0.25) is 0 Å². The van der Waals surface area contributed by atoms with Gasteiger partial charge in [-0.2, -0.15) is 0 Å². The molecule has 0 bridgehead atoms. The first-order chi connectivity index (χ1) is 39.9. The summed E-state index contributed by atoms with van der Waals surface area (Å²) in [5, 5.41) is 31.0. The van der Waals surface area contributed by atoms with Crippen LogP contribution in [0.1, 0.15) is 105 Å². The predicted octanol–water partition coefficient (Wildman–Crippen LogP) is 4.08. The van der Waals surface area contributed by atoms with Gasteiger partial charge in [-0.25, -0.2) is 24.4 Å². The third-order valence-corrected chi connectivity index (χ3v) is 13.4. The first-order valence-electron chi connectivity index (χ1n) is 27.9. The van der Waals surface area contributed by atoms with Gasteiger partial charge in [-0.3, -0.25) is 38.5 Å². The van der Waals surface area contributed by atoms with E-state index in [-0.39, 0.29) is 94.7 Å². The maximum atomic E-state index is 13.7. The van der Waals surface area contributed by atoms with E-state index >= 15 is 0 Å². The largest absolute Gasteiger partial charge is 0.465 e. The SMILES string of the molecule is CCOCc1nc2c(NC(=O)C(C)NC(=O)C(NC(=O)O)C(C)C)nc3ccccc3c2n1CC(C)(C)OCCNC(=O)OCc1ccc(NC(=O)C(CCCNC(N)=O)NC(=O)C(NC(=O)CCCCCN2C(=O)C=CC2=O)C(C)C)cc1. The average molecular weight is 1170 g/mol. The number of primary amides is 1. The van der Waals surface area contributed by atoms with Crippen molar-refractivity contribution in [3.8, 4) is 0 Å². The number of benzene rings is 2. The number of para-hydroxylation sites is 1. The highest BCUT2D eigenvalue weighted by atomic mass is 16.5. The second-order valence-corrected chi connectivity index (χ2v) is 21.4. The number of urea groups is 1. The van der Waals surface area contributed by atoms with Gasteiger partial charge in [0.25, 0.3) is 11.8 Å². The number of nitrogens with one attached hydrogen (secondary N) is 8. The molecule has 4 aromatic rings. The second-order valence-electron chi connectivity index (χ2n) is 21.4. The smallest absolute Gasteiger partial charge is 0.407 e. The summed E-state index contributed by atoms with van der Waals surface area (Å²) in [6.45, 7) is 15.1. The molecule has 456 valence electrons. The van der Waals surface area contributed by atoms with Crippen molar-refractivity contribution in [1.29, 1.82) is 0 Å². The van der Waals surface area contributed by atoms with Crippen LogP contribution >= 0.6 is 0 Å². The summed E-state index contributed by atoms with van der Waals surface area (Å²) >= 11 is 0. The monoisotopic (exact) mass is 1170 g/mol. The van der Waals surface area contributed by atoms with Gasteiger partial charge in [0.05, 0.1) is 29.8 Å². The van der Waals surface area contributed by atoms with E-state index in [4.69, 9.17) is 29.9 Å². The lowest BCUT2D eigenvalue weighted by molar-refractivity contribution is -0.137. The lowest BCUT2D eigenvalue weighted by Crippen LogP contribution is -2.54. The van der Waals surface area contributed by atoms with Crippen molar-refractivity contribution < 1.29 is 67.3 Å². The van der Waals surface area contributed by atoms with Crippen LogP contribution in [0, 0.1) is 11.8 Å². The Morgan fingerprint density at radius 1 is 0.726 bits per heavy atom. The number of imidazole rings is 1. The normalized spacial score (nSPS) is 13.8. The Hall–Kier alpha value is -8.72. The third kappa shape index (κ3) is 20.0. The summed E-state index contributed by atoms with van der Waals surface area (Å²) in [6.07, 6.45) is 2.37. The number of carbonyl (C=O) groups excluding carboxylic acids is 9. The molecule has 2 aromatic carbocycles. The summed E-state index contributed by atoms with van der Waals surface area (Å²) in [4.78, 5) is 137. The summed E-state index contributed by atoms with van der Waals surface area (Å²) < 4.78 is 19.5. The molecule has 84 heavy (non-hydrogen) atoms. The minimum absolute atomic E-state index is 0.0828. The molecule has 27 heteroatoms. The number of pyridine rings is 1. The number of anilines is 2. The summed E-state index contributed by atoms with van der Waals surface area (Å²) in [5.74, 6) is -3.65. The zero-order chi connectivity index (χ0) is 61.7. The molecule has 0 spiro atoms. The number of imide groups is 1. The van der Waals surface area contributed by atoms with Crippen molar-refractivity contribution in [3.05, 3.63) is 72.1 Å². The molecule has 0 radical (unpaired) electrons. The molecule has 11 amide bonds. The first kappa shape index (κ1) is 66.1. The fourth-order valence-corrected chi connectivity index (χ4v) is 8.94. The zero-order valence-electron chi connectivity index (χ0n) is 48.8. The van der Waals surface area contributed by atoms with Crippen LogP contribution in [0.15, 0.2) is 60.7 Å². The van der Waals surface area contributed by atoms with Crippen LogP contribution in [0.5, 0.6) is 0 Å². The van der Waals surface area contributed by atoms with Gasteiger partial charge < -0.3 is 72.2 Å². The molecule has 0 saturated carbocycles. The Kier molecular flexibility index (Phi) is 24.9. The van der Waals surface area contributed by atoms with E-state index in [1.807, 2.05) is 37.5 Å². The van der Waals surface area contributed by atoms with E-state index in [0.29, 0.717) is 59.5 Å². The standard InChI is InChI=1S/C57H79N13O14/c1-9-82-31-41-65-47-48(38-16-12-13-17-39(38)63-49(47)68-50(74)35(6)61-52(76)46(34(4)5)67-55(79)80)70(41)32-57(7,8)84-29-27-60-56(81)83-30-36-20-22-37(23-21-36)62-51(75)40(18-15-26-59-54(58)78)64-53(77)45(33(2)3)66-42(71)19-11-10-14-28-69-43(72)24-25-44(69)73/h12-13,16-17,20-25,33-35,40,45-46,67H,9-11,14-15,18-19,26-32H2,1-8H3,(H,60,81)(H,61,76)(H,62,75)(H,64,77)(H,66,71)(H,79,80)(H3,58,59,78)(H,63,68,74). The second kappa shape index (κ2) is 31.6. The molecule has 11 N–H and O–H groups in total. The number of rotatable bonds is 33. The first-order valence-corrected chi connectivity index (χ1v) is 27.9. The van der Waals surface area contributed by atoms with Crippen molar-refractivity contribution in [2.24, 2.45) is 17.6 Å². The molecule has 1 aliphatic rings. The van der Waals surface area contributed by atoms with Crippen LogP contribution in [0.4, 0.5) is 25.9 Å². The fraction of sp³-hybridized carbons (Fsp3) is 0.509. The maximum Gasteiger partial charge on any atom is 0.407 e. The van der Waals surface area contributed by atoms with Crippen molar-refractivity contribution in [1.82, 2.24) is 51.3 Å². The molecular formula is C57H79N13O14.